The Morgan fingerprint density at radius 3 is 2.39 bits per heavy atom. The Bertz CT molecular complexity index is 783. The van der Waals surface area contributed by atoms with Crippen LogP contribution in [0.25, 0.3) is 6.08 Å². The number of hydrogen-bond donors (Lipinski definition) is 0. The van der Waals surface area contributed by atoms with Gasteiger partial charge in [0.1, 0.15) is 6.23 Å². The quantitative estimate of drug-likeness (QED) is 0.636. The zero-order valence-electron chi connectivity index (χ0n) is 17.4. The third-order valence-electron chi connectivity index (χ3n) is 6.77. The molecule has 0 unspecified atom stereocenters. The van der Waals surface area contributed by atoms with E-state index in [1.807, 2.05) is 0 Å². The summed E-state index contributed by atoms with van der Waals surface area (Å²) in [6.45, 7) is 8.14. The second-order valence-corrected chi connectivity index (χ2v) is 9.13. The minimum absolute atomic E-state index is 0.00182. The van der Waals surface area contributed by atoms with Gasteiger partial charge in [-0.25, -0.2) is 0 Å². The van der Waals surface area contributed by atoms with E-state index in [-0.39, 0.29) is 11.8 Å². The maximum Gasteiger partial charge on any atom is 0.131 e. The number of ether oxygens (including phenoxy) is 1. The van der Waals surface area contributed by atoms with E-state index < -0.39 is 0 Å². The van der Waals surface area contributed by atoms with Crippen LogP contribution in [-0.2, 0) is 11.3 Å². The van der Waals surface area contributed by atoms with Crippen LogP contribution in [-0.4, -0.2) is 22.8 Å². The molecule has 28 heavy (non-hydrogen) atoms. The Kier molecular flexibility index (Phi) is 5.70. The van der Waals surface area contributed by atoms with E-state index in [1.165, 1.54) is 30.4 Å². The highest BCUT2D eigenvalue weighted by atomic mass is 16.5. The van der Waals surface area contributed by atoms with Gasteiger partial charge in [-0.05, 0) is 49.8 Å². The predicted molar refractivity (Wildman–Crippen MR) is 117 cm³/mol. The van der Waals surface area contributed by atoms with Crippen molar-refractivity contribution in [1.29, 1.82) is 0 Å². The average Bonchev–Trinajstić information content (AvgIpc) is 2.70. The van der Waals surface area contributed by atoms with Crippen molar-refractivity contribution >= 4 is 6.08 Å². The summed E-state index contributed by atoms with van der Waals surface area (Å²) in [4.78, 5) is 2.57. The highest BCUT2D eigenvalue weighted by Gasteiger charge is 2.49. The summed E-state index contributed by atoms with van der Waals surface area (Å²) in [6.07, 6.45) is 8.60. The lowest BCUT2D eigenvalue weighted by molar-refractivity contribution is -0.218. The van der Waals surface area contributed by atoms with Crippen LogP contribution in [0.2, 0.25) is 0 Å². The van der Waals surface area contributed by atoms with Crippen LogP contribution in [0.4, 0.5) is 0 Å². The van der Waals surface area contributed by atoms with Gasteiger partial charge in [-0.15, -0.1) is 0 Å². The lowest BCUT2D eigenvalue weighted by atomic mass is 9.69. The normalized spacial score (nSPS) is 30.2. The van der Waals surface area contributed by atoms with Gasteiger partial charge in [0.05, 0.1) is 6.10 Å². The SMILES string of the molecule is C[C@@H]1CC[C@@H]2[C@@H](C1)O[C@@H](/C=C/c1ccccc1)N(Cc1ccccc1)C2(C)C. The third kappa shape index (κ3) is 4.09. The van der Waals surface area contributed by atoms with Crippen molar-refractivity contribution in [3.8, 4) is 0 Å². The van der Waals surface area contributed by atoms with Crippen LogP contribution in [0.1, 0.15) is 51.2 Å². The molecule has 1 aliphatic carbocycles. The van der Waals surface area contributed by atoms with Crippen LogP contribution >= 0.6 is 0 Å². The maximum atomic E-state index is 6.74. The van der Waals surface area contributed by atoms with Crippen LogP contribution in [0.3, 0.4) is 0 Å². The second-order valence-electron chi connectivity index (χ2n) is 9.13. The molecule has 1 saturated heterocycles. The Morgan fingerprint density at radius 2 is 1.68 bits per heavy atom. The van der Waals surface area contributed by atoms with E-state index in [0.717, 1.165) is 12.5 Å². The Morgan fingerprint density at radius 1 is 1.00 bits per heavy atom. The summed E-state index contributed by atoms with van der Waals surface area (Å²) < 4.78 is 6.74. The number of rotatable bonds is 4. The van der Waals surface area contributed by atoms with E-state index in [1.54, 1.807) is 0 Å². The molecule has 0 bridgehead atoms. The van der Waals surface area contributed by atoms with Gasteiger partial charge in [-0.3, -0.25) is 4.90 Å². The summed E-state index contributed by atoms with van der Waals surface area (Å²) in [6, 6.07) is 21.3. The molecule has 0 spiro atoms. The molecule has 2 aliphatic rings. The molecule has 4 atom stereocenters. The molecule has 0 amide bonds. The van der Waals surface area contributed by atoms with Crippen LogP contribution in [0, 0.1) is 11.8 Å². The van der Waals surface area contributed by atoms with Crippen LogP contribution in [0.15, 0.2) is 66.7 Å². The highest BCUT2D eigenvalue weighted by molar-refractivity contribution is 5.49. The van der Waals surface area contributed by atoms with Crippen molar-refractivity contribution < 1.29 is 4.74 Å². The molecule has 4 rings (SSSR count). The van der Waals surface area contributed by atoms with Crippen molar-refractivity contribution in [2.45, 2.75) is 64.4 Å². The van der Waals surface area contributed by atoms with Crippen molar-refractivity contribution in [2.75, 3.05) is 0 Å². The first-order chi connectivity index (χ1) is 13.5. The fourth-order valence-corrected chi connectivity index (χ4v) is 5.06. The van der Waals surface area contributed by atoms with Crippen molar-refractivity contribution in [3.05, 3.63) is 77.9 Å². The van der Waals surface area contributed by atoms with Crippen molar-refractivity contribution in [2.24, 2.45) is 11.8 Å². The molecule has 0 radical (unpaired) electrons. The van der Waals surface area contributed by atoms with Crippen LogP contribution in [0.5, 0.6) is 0 Å². The van der Waals surface area contributed by atoms with Gasteiger partial charge in [0.15, 0.2) is 0 Å². The van der Waals surface area contributed by atoms with Gasteiger partial charge >= 0.3 is 0 Å². The molecule has 2 nitrogen and oxygen atoms in total. The molecule has 2 fully saturated rings. The first-order valence-electron chi connectivity index (χ1n) is 10.7. The Hall–Kier alpha value is -1.90. The zero-order chi connectivity index (χ0) is 19.6. The lowest BCUT2D eigenvalue weighted by Crippen LogP contribution is -2.63. The zero-order valence-corrected chi connectivity index (χ0v) is 17.4. The molecule has 1 aliphatic heterocycles. The predicted octanol–water partition coefficient (Wildman–Crippen LogP) is 6.14. The number of hydrogen-bond acceptors (Lipinski definition) is 2. The van der Waals surface area contributed by atoms with E-state index in [2.05, 4.69) is 98.5 Å². The molecule has 0 aromatic heterocycles. The molecule has 0 N–H and O–H groups in total. The number of fused-ring (bicyclic) bond motifs is 1. The van der Waals surface area contributed by atoms with E-state index >= 15 is 0 Å². The van der Waals surface area contributed by atoms with E-state index in [4.69, 9.17) is 4.74 Å². The number of nitrogens with zero attached hydrogens (tertiary/aromatic N) is 1. The van der Waals surface area contributed by atoms with E-state index in [0.29, 0.717) is 12.0 Å². The van der Waals surface area contributed by atoms with Crippen molar-refractivity contribution in [1.82, 2.24) is 4.90 Å². The minimum Gasteiger partial charge on any atom is -0.356 e. The first-order valence-corrected chi connectivity index (χ1v) is 10.7. The minimum atomic E-state index is 0.00182. The highest BCUT2D eigenvalue weighted by Crippen LogP contribution is 2.45. The molecule has 2 aromatic rings. The molecular weight excluding hydrogens is 342 g/mol. The molecule has 1 heterocycles. The Labute approximate surface area is 170 Å². The van der Waals surface area contributed by atoms with Gasteiger partial charge in [-0.1, -0.05) is 80.1 Å². The lowest BCUT2D eigenvalue weighted by Gasteiger charge is -2.57. The largest absolute Gasteiger partial charge is 0.356 e. The molecule has 2 heteroatoms. The summed E-state index contributed by atoms with van der Waals surface area (Å²) in [5.74, 6) is 1.35. The fourth-order valence-electron chi connectivity index (χ4n) is 5.06. The molecule has 1 saturated carbocycles. The smallest absolute Gasteiger partial charge is 0.131 e. The van der Waals surface area contributed by atoms with Gasteiger partial charge in [0.25, 0.3) is 0 Å². The fraction of sp³-hybridized carbons (Fsp3) is 0.462. The first kappa shape index (κ1) is 19.4. The van der Waals surface area contributed by atoms with Crippen molar-refractivity contribution in [3.63, 3.8) is 0 Å². The summed E-state index contributed by atoms with van der Waals surface area (Å²) in [5.41, 5.74) is 2.67. The van der Waals surface area contributed by atoms with Crippen LogP contribution < -0.4 is 0 Å². The second kappa shape index (κ2) is 8.23. The van der Waals surface area contributed by atoms with E-state index in [9.17, 15) is 0 Å². The standard InChI is InChI=1S/C26H33NO/c1-20-14-16-23-24(18-20)28-25(17-15-21-10-6-4-7-11-21)27(26(23,2)3)19-22-12-8-5-9-13-22/h4-13,15,17,20,23-25H,14,16,18-19H2,1-3H3/b17-15+/t20-,23-,24-,25+/m1/s1. The average molecular weight is 376 g/mol. The third-order valence-corrected chi connectivity index (χ3v) is 6.77. The summed E-state index contributed by atoms with van der Waals surface area (Å²) >= 11 is 0. The molecule has 148 valence electrons. The summed E-state index contributed by atoms with van der Waals surface area (Å²) in [5, 5.41) is 0. The number of benzene rings is 2. The molecular formula is C26H33NO. The maximum absolute atomic E-state index is 6.74. The summed E-state index contributed by atoms with van der Waals surface area (Å²) in [7, 11) is 0. The molecule has 2 aromatic carbocycles. The Balaban J connectivity index is 1.64. The van der Waals surface area contributed by atoms with Gasteiger partial charge in [0.2, 0.25) is 0 Å². The van der Waals surface area contributed by atoms with Gasteiger partial charge in [-0.2, -0.15) is 0 Å². The topological polar surface area (TPSA) is 12.5 Å². The monoisotopic (exact) mass is 375 g/mol. The van der Waals surface area contributed by atoms with Gasteiger partial charge < -0.3 is 4.74 Å². The van der Waals surface area contributed by atoms with Gasteiger partial charge in [0, 0.05) is 18.0 Å².